The predicted molar refractivity (Wildman–Crippen MR) is 107 cm³/mol. The van der Waals surface area contributed by atoms with E-state index in [-0.39, 0.29) is 41.9 Å². The molecule has 0 aliphatic carbocycles. The van der Waals surface area contributed by atoms with Crippen molar-refractivity contribution < 1.29 is 14.9 Å². The lowest BCUT2D eigenvalue weighted by molar-refractivity contribution is -0.110. The van der Waals surface area contributed by atoms with Crippen molar-refractivity contribution in [1.82, 2.24) is 0 Å². The number of aliphatic hydroxyl groups is 1. The number of ether oxygens (including phenoxy) is 1. The van der Waals surface area contributed by atoms with Gasteiger partial charge >= 0.3 is 0 Å². The van der Waals surface area contributed by atoms with Crippen molar-refractivity contribution in [2.45, 2.75) is 57.3 Å². The smallest absolute Gasteiger partial charge is 0.115 e. The van der Waals surface area contributed by atoms with Gasteiger partial charge in [0.05, 0.1) is 24.9 Å². The third-order valence-corrected chi connectivity index (χ3v) is 5.95. The Morgan fingerprint density at radius 1 is 1.11 bits per heavy atom. The first kappa shape index (κ1) is 18.3. The quantitative estimate of drug-likeness (QED) is 0.721. The Kier molecular flexibility index (Phi) is 4.65. The molecule has 2 aromatic rings. The standard InChI is InChI=1S/C23H29NO3/c1-23(2,3)15-7-10-20-19(12-15)22-18(9-8-17(13-25)27-22)21(24-20)14-5-4-6-16(26)11-14/h4-7,10-12,17-18,21-22,24-26H,8-9,13H2,1-3H3/t17?,18-,21-,22-/m1/s1. The molecule has 0 radical (unpaired) electrons. The number of nitrogens with one attached hydrogen (secondary N) is 1. The molecule has 2 heterocycles. The molecule has 0 bridgehead atoms. The predicted octanol–water partition coefficient (Wildman–Crippen LogP) is 4.69. The summed E-state index contributed by atoms with van der Waals surface area (Å²) < 4.78 is 6.36. The first-order valence-corrected chi connectivity index (χ1v) is 9.83. The number of fused-ring (bicyclic) bond motifs is 3. The summed E-state index contributed by atoms with van der Waals surface area (Å²) in [6, 6.07) is 14.1. The van der Waals surface area contributed by atoms with E-state index < -0.39 is 0 Å². The van der Waals surface area contributed by atoms with Crippen LogP contribution < -0.4 is 5.32 Å². The van der Waals surface area contributed by atoms with E-state index in [0.29, 0.717) is 0 Å². The number of hydrogen-bond acceptors (Lipinski definition) is 4. The molecular formula is C23H29NO3. The molecule has 0 spiro atoms. The summed E-state index contributed by atoms with van der Waals surface area (Å²) in [4.78, 5) is 0. The number of aromatic hydroxyl groups is 1. The number of aliphatic hydroxyl groups excluding tert-OH is 1. The summed E-state index contributed by atoms with van der Waals surface area (Å²) in [5.74, 6) is 0.544. The summed E-state index contributed by atoms with van der Waals surface area (Å²) in [5.41, 5.74) is 4.68. The van der Waals surface area contributed by atoms with Crippen molar-refractivity contribution in [3.8, 4) is 5.75 Å². The van der Waals surface area contributed by atoms with E-state index in [1.54, 1.807) is 6.07 Å². The third kappa shape index (κ3) is 3.44. The monoisotopic (exact) mass is 367 g/mol. The highest BCUT2D eigenvalue weighted by molar-refractivity contribution is 5.59. The average Bonchev–Trinajstić information content (AvgIpc) is 2.65. The lowest BCUT2D eigenvalue weighted by Gasteiger charge is -2.45. The van der Waals surface area contributed by atoms with Crippen molar-refractivity contribution in [2.24, 2.45) is 5.92 Å². The second-order valence-electron chi connectivity index (χ2n) is 8.87. The van der Waals surface area contributed by atoms with Crippen LogP contribution in [0.4, 0.5) is 5.69 Å². The molecule has 2 aromatic carbocycles. The molecule has 1 fully saturated rings. The molecule has 2 aliphatic heterocycles. The number of anilines is 1. The van der Waals surface area contributed by atoms with Gasteiger partial charge in [0, 0.05) is 17.2 Å². The topological polar surface area (TPSA) is 61.7 Å². The molecule has 27 heavy (non-hydrogen) atoms. The van der Waals surface area contributed by atoms with E-state index in [0.717, 1.165) is 24.1 Å². The van der Waals surface area contributed by atoms with Gasteiger partial charge in [-0.15, -0.1) is 0 Å². The first-order valence-electron chi connectivity index (χ1n) is 9.83. The minimum absolute atomic E-state index is 0.0539. The van der Waals surface area contributed by atoms with Gasteiger partial charge in [0.2, 0.25) is 0 Å². The highest BCUT2D eigenvalue weighted by Crippen LogP contribution is 2.51. The minimum Gasteiger partial charge on any atom is -0.508 e. The van der Waals surface area contributed by atoms with Gasteiger partial charge in [-0.1, -0.05) is 45.0 Å². The van der Waals surface area contributed by atoms with E-state index in [1.165, 1.54) is 11.1 Å². The Balaban J connectivity index is 1.78. The van der Waals surface area contributed by atoms with Gasteiger partial charge in [-0.3, -0.25) is 0 Å². The van der Waals surface area contributed by atoms with E-state index in [9.17, 15) is 10.2 Å². The van der Waals surface area contributed by atoms with Gasteiger partial charge in [0.1, 0.15) is 5.75 Å². The Morgan fingerprint density at radius 3 is 2.63 bits per heavy atom. The van der Waals surface area contributed by atoms with Crippen LogP contribution in [0.2, 0.25) is 0 Å². The van der Waals surface area contributed by atoms with Gasteiger partial charge in [-0.25, -0.2) is 0 Å². The van der Waals surface area contributed by atoms with E-state index >= 15 is 0 Å². The van der Waals surface area contributed by atoms with Crippen molar-refractivity contribution in [2.75, 3.05) is 11.9 Å². The zero-order valence-electron chi connectivity index (χ0n) is 16.3. The lowest BCUT2D eigenvalue weighted by atomic mass is 9.75. The number of benzene rings is 2. The van der Waals surface area contributed by atoms with Gasteiger partial charge in [-0.05, 0) is 47.6 Å². The number of phenols is 1. The molecule has 3 N–H and O–H groups in total. The van der Waals surface area contributed by atoms with Crippen LogP contribution in [-0.2, 0) is 10.2 Å². The average molecular weight is 367 g/mol. The summed E-state index contributed by atoms with van der Waals surface area (Å²) in [7, 11) is 0. The third-order valence-electron chi connectivity index (χ3n) is 5.95. The maximum absolute atomic E-state index is 9.95. The summed E-state index contributed by atoms with van der Waals surface area (Å²) in [5, 5.41) is 23.3. The zero-order chi connectivity index (χ0) is 19.2. The van der Waals surface area contributed by atoms with Gasteiger partial charge in [-0.2, -0.15) is 0 Å². The van der Waals surface area contributed by atoms with E-state index in [1.807, 2.05) is 12.1 Å². The molecule has 144 valence electrons. The van der Waals surface area contributed by atoms with Crippen LogP contribution in [0.3, 0.4) is 0 Å². The Bertz CT molecular complexity index is 827. The Labute approximate surface area is 161 Å². The van der Waals surface area contributed by atoms with Crippen LogP contribution in [0, 0.1) is 5.92 Å². The van der Waals surface area contributed by atoms with Crippen LogP contribution in [0.1, 0.15) is 62.4 Å². The summed E-state index contributed by atoms with van der Waals surface area (Å²) >= 11 is 0. The van der Waals surface area contributed by atoms with Crippen LogP contribution in [0.25, 0.3) is 0 Å². The van der Waals surface area contributed by atoms with Crippen LogP contribution in [0.15, 0.2) is 42.5 Å². The molecule has 4 heteroatoms. The van der Waals surface area contributed by atoms with Crippen molar-refractivity contribution in [3.05, 3.63) is 59.2 Å². The normalized spacial score (nSPS) is 27.4. The summed E-state index contributed by atoms with van der Waals surface area (Å²) in [6.07, 6.45) is 1.66. The van der Waals surface area contributed by atoms with Crippen molar-refractivity contribution in [3.63, 3.8) is 0 Å². The first-order chi connectivity index (χ1) is 12.9. The van der Waals surface area contributed by atoms with E-state index in [4.69, 9.17) is 4.74 Å². The molecule has 4 nitrogen and oxygen atoms in total. The fourth-order valence-electron chi connectivity index (χ4n) is 4.41. The zero-order valence-corrected chi connectivity index (χ0v) is 16.3. The molecule has 2 aliphatic rings. The highest BCUT2D eigenvalue weighted by atomic mass is 16.5. The molecule has 1 saturated heterocycles. The number of phenolic OH excluding ortho intramolecular Hbond substituents is 1. The molecule has 0 saturated carbocycles. The second-order valence-corrected chi connectivity index (χ2v) is 8.87. The van der Waals surface area contributed by atoms with Gasteiger partial charge in [0.15, 0.2) is 0 Å². The van der Waals surface area contributed by atoms with Gasteiger partial charge in [0.25, 0.3) is 0 Å². The molecule has 0 amide bonds. The Hall–Kier alpha value is -2.04. The maximum atomic E-state index is 9.95. The van der Waals surface area contributed by atoms with E-state index in [2.05, 4.69) is 50.4 Å². The maximum Gasteiger partial charge on any atom is 0.115 e. The minimum atomic E-state index is -0.111. The molecular weight excluding hydrogens is 338 g/mol. The van der Waals surface area contributed by atoms with Gasteiger partial charge < -0.3 is 20.3 Å². The highest BCUT2D eigenvalue weighted by Gasteiger charge is 2.42. The molecule has 1 unspecified atom stereocenters. The lowest BCUT2D eigenvalue weighted by Crippen LogP contribution is -2.40. The fraction of sp³-hybridized carbons (Fsp3) is 0.478. The van der Waals surface area contributed by atoms with Crippen molar-refractivity contribution >= 4 is 5.69 Å². The number of rotatable bonds is 2. The summed E-state index contributed by atoms with van der Waals surface area (Å²) in [6.45, 7) is 6.71. The van der Waals surface area contributed by atoms with Crippen LogP contribution >= 0.6 is 0 Å². The molecule has 4 atom stereocenters. The second kappa shape index (κ2) is 6.84. The fourth-order valence-corrected chi connectivity index (χ4v) is 4.41. The van der Waals surface area contributed by atoms with Crippen molar-refractivity contribution in [1.29, 1.82) is 0 Å². The largest absolute Gasteiger partial charge is 0.508 e. The van der Waals surface area contributed by atoms with Crippen LogP contribution in [-0.4, -0.2) is 22.9 Å². The van der Waals surface area contributed by atoms with Crippen LogP contribution in [0.5, 0.6) is 5.75 Å². The molecule has 0 aromatic heterocycles. The number of hydrogen-bond donors (Lipinski definition) is 3. The SMILES string of the molecule is CC(C)(C)c1ccc2c(c1)[C@@H]1OC(CO)CC[C@@H]1[C@@H](c1cccc(O)c1)N2. The molecule has 4 rings (SSSR count). The Morgan fingerprint density at radius 2 is 1.93 bits per heavy atom.